The van der Waals surface area contributed by atoms with Crippen LogP contribution in [-0.4, -0.2) is 84.2 Å². The molecule has 2 aliphatic heterocycles. The van der Waals surface area contributed by atoms with Crippen LogP contribution in [-0.2, 0) is 23.8 Å². The topological polar surface area (TPSA) is 85.3 Å². The summed E-state index contributed by atoms with van der Waals surface area (Å²) < 4.78 is 36.9. The van der Waals surface area contributed by atoms with Crippen LogP contribution in [0.25, 0.3) is 0 Å². The first-order chi connectivity index (χ1) is 19.1. The third kappa shape index (κ3) is 3.58. The Hall–Kier alpha value is -1.45. The lowest BCUT2D eigenvalue weighted by molar-refractivity contribution is -0.232. The maximum atomic E-state index is 17.7. The number of carbonyl (C=O) groups excluding carboxylic acids is 2. The number of Topliss-reactive ketones (excluding diaryl/α,β-unsaturated/α-hetero) is 1. The highest BCUT2D eigenvalue weighted by atomic mass is 19.1. The lowest BCUT2D eigenvalue weighted by atomic mass is 9.45. The van der Waals surface area contributed by atoms with Gasteiger partial charge in [0.05, 0.1) is 32.0 Å². The lowest BCUT2D eigenvalue weighted by Gasteiger charge is -2.62. The zero-order valence-electron chi connectivity index (χ0n) is 23.9. The molecule has 0 spiro atoms. The predicted molar refractivity (Wildman–Crippen MR) is 145 cm³/mol. The molecule has 0 aromatic rings. The van der Waals surface area contributed by atoms with Gasteiger partial charge in [0.2, 0.25) is 0 Å². The highest BCUT2D eigenvalue weighted by Crippen LogP contribution is 2.71. The summed E-state index contributed by atoms with van der Waals surface area (Å²) in [5.41, 5.74) is -4.22. The summed E-state index contributed by atoms with van der Waals surface area (Å²) in [6.07, 6.45) is 9.86. The number of carbonyl (C=O) groups is 2. The van der Waals surface area contributed by atoms with Crippen molar-refractivity contribution in [3.05, 3.63) is 23.8 Å². The van der Waals surface area contributed by atoms with Crippen LogP contribution in [0.4, 0.5) is 4.39 Å². The van der Waals surface area contributed by atoms with Crippen molar-refractivity contribution < 1.29 is 33.3 Å². The van der Waals surface area contributed by atoms with E-state index in [1.54, 1.807) is 6.08 Å². The molecule has 7 aliphatic rings. The molecule has 0 bridgehead atoms. The Morgan fingerprint density at radius 1 is 1.15 bits per heavy atom. The fourth-order valence-corrected chi connectivity index (χ4v) is 10.1. The summed E-state index contributed by atoms with van der Waals surface area (Å²) in [7, 11) is 0. The molecule has 8 heteroatoms. The fraction of sp³-hybridized carbons (Fsp3) is 0.812. The van der Waals surface area contributed by atoms with Gasteiger partial charge in [0.25, 0.3) is 0 Å². The number of aliphatic hydroxyl groups is 1. The number of nitrogens with zero attached hydrogens (tertiary/aromatic N) is 1. The third-order valence-corrected chi connectivity index (χ3v) is 12.3. The summed E-state index contributed by atoms with van der Waals surface area (Å²) >= 11 is 0. The van der Waals surface area contributed by atoms with Crippen molar-refractivity contribution in [3.8, 4) is 0 Å². The molecule has 0 aromatic heterocycles. The molecule has 7 rings (SSSR count). The van der Waals surface area contributed by atoms with Gasteiger partial charge in [-0.15, -0.1) is 0 Å². The molecule has 1 N–H and O–H groups in total. The molecular formula is C32H44FNO6. The molecule has 7 nitrogen and oxygen atoms in total. The van der Waals surface area contributed by atoms with Crippen molar-refractivity contribution in [2.75, 3.05) is 32.8 Å². The molecule has 220 valence electrons. The fourth-order valence-electron chi connectivity index (χ4n) is 10.1. The molecule has 0 aromatic carbocycles. The van der Waals surface area contributed by atoms with Crippen molar-refractivity contribution in [1.82, 2.24) is 4.90 Å². The van der Waals surface area contributed by atoms with Gasteiger partial charge in [0.15, 0.2) is 29.1 Å². The van der Waals surface area contributed by atoms with Gasteiger partial charge in [-0.2, -0.15) is 0 Å². The Morgan fingerprint density at radius 2 is 1.90 bits per heavy atom. The second-order valence-electron chi connectivity index (χ2n) is 14.1. The van der Waals surface area contributed by atoms with Crippen LogP contribution < -0.4 is 0 Å². The van der Waals surface area contributed by atoms with E-state index in [0.717, 1.165) is 31.3 Å². The van der Waals surface area contributed by atoms with Gasteiger partial charge in [-0.1, -0.05) is 43.9 Å². The number of hydrogen-bond acceptors (Lipinski definition) is 7. The van der Waals surface area contributed by atoms with E-state index >= 15 is 4.39 Å². The number of halogens is 1. The third-order valence-electron chi connectivity index (χ3n) is 12.3. The standard InChI is InChI=1S/C32H44FNO6/c1-29-11-10-22(35)16-21(29)8-9-23-24-17-27-32(26(37)19-34-12-14-38-15-13-34,30(24,2)18-25(36)31(23,29)33)40-28(39-27)20-6-4-3-5-7-20/h8,10-11,20,23-25,27-28,36H,3-7,9,12-19H2,1-2H3/t23-,24-,25-,27+,28+,29-,30-,31-,32+/m0/s1. The van der Waals surface area contributed by atoms with Crippen molar-refractivity contribution >= 4 is 11.6 Å². The van der Waals surface area contributed by atoms with E-state index in [4.69, 9.17) is 14.2 Å². The molecule has 3 saturated carbocycles. The molecule has 0 radical (unpaired) electrons. The zero-order valence-corrected chi connectivity index (χ0v) is 23.9. The van der Waals surface area contributed by atoms with Crippen molar-refractivity contribution in [2.24, 2.45) is 28.6 Å². The van der Waals surface area contributed by atoms with Crippen molar-refractivity contribution in [1.29, 1.82) is 0 Å². The van der Waals surface area contributed by atoms with E-state index < -0.39 is 46.5 Å². The second kappa shape index (κ2) is 9.53. The van der Waals surface area contributed by atoms with Gasteiger partial charge in [-0.25, -0.2) is 4.39 Å². The van der Waals surface area contributed by atoms with Crippen LogP contribution in [0.15, 0.2) is 23.8 Å². The first kappa shape index (κ1) is 27.4. The molecule has 2 saturated heterocycles. The highest BCUT2D eigenvalue weighted by Gasteiger charge is 2.79. The summed E-state index contributed by atoms with van der Waals surface area (Å²) in [4.78, 5) is 28.9. The molecular weight excluding hydrogens is 513 g/mol. The molecule has 0 amide bonds. The second-order valence-corrected chi connectivity index (χ2v) is 14.1. The lowest BCUT2D eigenvalue weighted by Crippen LogP contribution is -2.69. The number of rotatable bonds is 4. The van der Waals surface area contributed by atoms with E-state index in [-0.39, 0.29) is 42.8 Å². The van der Waals surface area contributed by atoms with Crippen LogP contribution in [0.1, 0.15) is 71.6 Å². The summed E-state index contributed by atoms with van der Waals surface area (Å²) in [6.45, 7) is 6.72. The van der Waals surface area contributed by atoms with E-state index in [1.807, 2.05) is 13.0 Å². The van der Waals surface area contributed by atoms with Crippen LogP contribution in [0, 0.1) is 28.6 Å². The maximum Gasteiger partial charge on any atom is 0.181 e. The summed E-state index contributed by atoms with van der Waals surface area (Å²) in [5.74, 6) is -0.478. The minimum atomic E-state index is -1.94. The number of aliphatic hydroxyl groups excluding tert-OH is 1. The maximum absolute atomic E-state index is 17.7. The average Bonchev–Trinajstić information content (AvgIpc) is 3.45. The van der Waals surface area contributed by atoms with E-state index in [2.05, 4.69) is 11.8 Å². The zero-order chi connectivity index (χ0) is 27.9. The molecule has 5 aliphatic carbocycles. The Balaban J connectivity index is 1.27. The monoisotopic (exact) mass is 557 g/mol. The van der Waals surface area contributed by atoms with Crippen LogP contribution in [0.5, 0.6) is 0 Å². The van der Waals surface area contributed by atoms with Gasteiger partial charge in [-0.05, 0) is 51.0 Å². The van der Waals surface area contributed by atoms with Crippen LogP contribution in [0.3, 0.4) is 0 Å². The Labute approximate surface area is 236 Å². The van der Waals surface area contributed by atoms with Crippen molar-refractivity contribution in [2.45, 2.75) is 101 Å². The number of ketones is 2. The molecule has 0 unspecified atom stereocenters. The van der Waals surface area contributed by atoms with Gasteiger partial charge in [0, 0.05) is 42.2 Å². The number of allylic oxidation sites excluding steroid dienone is 4. The van der Waals surface area contributed by atoms with Gasteiger partial charge in [0.1, 0.15) is 0 Å². The number of hydrogen-bond donors (Lipinski definition) is 1. The summed E-state index contributed by atoms with van der Waals surface area (Å²) in [5, 5.41) is 11.8. The largest absolute Gasteiger partial charge is 0.390 e. The minimum Gasteiger partial charge on any atom is -0.390 e. The van der Waals surface area contributed by atoms with Gasteiger partial charge < -0.3 is 19.3 Å². The Kier molecular flexibility index (Phi) is 6.53. The molecule has 2 heterocycles. The molecule has 40 heavy (non-hydrogen) atoms. The van der Waals surface area contributed by atoms with Gasteiger partial charge in [-0.3, -0.25) is 14.5 Å². The van der Waals surface area contributed by atoms with E-state index in [1.165, 1.54) is 12.5 Å². The van der Waals surface area contributed by atoms with Crippen molar-refractivity contribution in [3.63, 3.8) is 0 Å². The number of fused-ring (bicyclic) bond motifs is 7. The SMILES string of the molecule is C[C@]12C=CC(=O)CC1=CC[C@H]1[C@@H]3C[C@H]4O[C@@H](C5CCCCC5)O[C@@]4(C(=O)CN4CCOCC4)[C@@]3(C)C[C@H](O)[C@@]12F. The normalized spacial score (nSPS) is 49.1. The predicted octanol–water partition coefficient (Wildman–Crippen LogP) is 3.93. The van der Waals surface area contributed by atoms with Gasteiger partial charge >= 0.3 is 0 Å². The summed E-state index contributed by atoms with van der Waals surface area (Å²) in [6, 6.07) is 0. The molecule has 9 atom stereocenters. The van der Waals surface area contributed by atoms with E-state index in [9.17, 15) is 14.7 Å². The molecule has 5 fully saturated rings. The Bertz CT molecular complexity index is 1130. The minimum absolute atomic E-state index is 0.00248. The van der Waals surface area contributed by atoms with Crippen LogP contribution in [0.2, 0.25) is 0 Å². The first-order valence-corrected chi connectivity index (χ1v) is 15.6. The number of ether oxygens (including phenoxy) is 3. The smallest absolute Gasteiger partial charge is 0.181 e. The van der Waals surface area contributed by atoms with Crippen LogP contribution >= 0.6 is 0 Å². The number of alkyl halides is 1. The first-order valence-electron chi connectivity index (χ1n) is 15.6. The number of morpholine rings is 1. The average molecular weight is 558 g/mol. The highest BCUT2D eigenvalue weighted by molar-refractivity contribution is 5.94. The van der Waals surface area contributed by atoms with E-state index in [0.29, 0.717) is 39.1 Å². The quantitative estimate of drug-likeness (QED) is 0.525. The Morgan fingerprint density at radius 3 is 2.65 bits per heavy atom.